The second-order valence-corrected chi connectivity index (χ2v) is 3.57. The minimum Gasteiger partial charge on any atom is -0.328 e. The quantitative estimate of drug-likeness (QED) is 0.707. The van der Waals surface area contributed by atoms with Crippen LogP contribution in [0.15, 0.2) is 6.07 Å². The fourth-order valence-electron chi connectivity index (χ4n) is 1.80. The second-order valence-electron chi connectivity index (χ2n) is 3.57. The van der Waals surface area contributed by atoms with Crippen LogP contribution in [0.4, 0.5) is 8.78 Å². The third kappa shape index (κ3) is 1.32. The highest BCUT2D eigenvalue weighted by atomic mass is 19.1. The summed E-state index contributed by atoms with van der Waals surface area (Å²) in [6.45, 7) is 5.79. The van der Waals surface area contributed by atoms with E-state index in [2.05, 4.69) is 4.98 Å². The molecule has 0 spiro atoms. The van der Waals surface area contributed by atoms with Crippen molar-refractivity contribution in [2.45, 2.75) is 27.3 Å². The number of rotatable bonds is 1. The molecule has 1 aromatic heterocycles. The van der Waals surface area contributed by atoms with Crippen molar-refractivity contribution in [3.8, 4) is 0 Å². The first kappa shape index (κ1) is 10.1. The molecular formula is C11H12F2N2. The van der Waals surface area contributed by atoms with E-state index in [0.717, 1.165) is 0 Å². The number of aryl methyl sites for hydroxylation is 2. The smallest absolute Gasteiger partial charge is 0.156 e. The predicted molar refractivity (Wildman–Crippen MR) is 54.8 cm³/mol. The Balaban J connectivity index is 2.92. The van der Waals surface area contributed by atoms with Gasteiger partial charge in [-0.1, -0.05) is 0 Å². The van der Waals surface area contributed by atoms with Crippen molar-refractivity contribution >= 4 is 11.0 Å². The Labute approximate surface area is 86.5 Å². The van der Waals surface area contributed by atoms with Gasteiger partial charge in [-0.25, -0.2) is 13.8 Å². The van der Waals surface area contributed by atoms with Crippen molar-refractivity contribution in [2.75, 3.05) is 0 Å². The summed E-state index contributed by atoms with van der Waals surface area (Å²) >= 11 is 0. The summed E-state index contributed by atoms with van der Waals surface area (Å²) in [5.41, 5.74) is 0.812. The summed E-state index contributed by atoms with van der Waals surface area (Å²) in [5, 5.41) is 0. The molecule has 4 heteroatoms. The van der Waals surface area contributed by atoms with Crippen LogP contribution in [-0.4, -0.2) is 9.55 Å². The lowest BCUT2D eigenvalue weighted by Gasteiger charge is -2.03. The van der Waals surface area contributed by atoms with E-state index in [1.807, 2.05) is 6.92 Å². The first-order chi connectivity index (χ1) is 7.06. The number of imidazole rings is 1. The Morgan fingerprint density at radius 3 is 2.60 bits per heavy atom. The lowest BCUT2D eigenvalue weighted by molar-refractivity contribution is 0.575. The molecule has 15 heavy (non-hydrogen) atoms. The number of halogens is 2. The maximum absolute atomic E-state index is 13.7. The van der Waals surface area contributed by atoms with Crippen molar-refractivity contribution in [1.29, 1.82) is 0 Å². The molecule has 0 aliphatic heterocycles. The molecule has 0 saturated carbocycles. The molecule has 0 unspecified atom stereocenters. The molecule has 1 aromatic carbocycles. The number of fused-ring (bicyclic) bond motifs is 1. The normalized spacial score (nSPS) is 11.3. The zero-order valence-corrected chi connectivity index (χ0v) is 8.93. The van der Waals surface area contributed by atoms with E-state index >= 15 is 0 Å². The molecule has 0 atom stereocenters. The standard InChI is InChI=1S/C11H12F2N2/c1-4-15-7(3)14-11-9(15)5-8(12)6(2)10(11)13/h5H,4H2,1-3H3. The number of benzene rings is 1. The van der Waals surface area contributed by atoms with E-state index in [1.165, 1.54) is 13.0 Å². The van der Waals surface area contributed by atoms with Gasteiger partial charge in [0.1, 0.15) is 17.2 Å². The Morgan fingerprint density at radius 2 is 2.00 bits per heavy atom. The maximum Gasteiger partial charge on any atom is 0.156 e. The van der Waals surface area contributed by atoms with Crippen LogP contribution in [-0.2, 0) is 6.54 Å². The average Bonchev–Trinajstić information content (AvgIpc) is 2.51. The highest BCUT2D eigenvalue weighted by Crippen LogP contribution is 2.23. The molecule has 0 aliphatic carbocycles. The lowest BCUT2D eigenvalue weighted by atomic mass is 10.2. The van der Waals surface area contributed by atoms with Gasteiger partial charge in [-0.05, 0) is 20.8 Å². The van der Waals surface area contributed by atoms with Gasteiger partial charge in [0.05, 0.1) is 5.52 Å². The van der Waals surface area contributed by atoms with Gasteiger partial charge in [0, 0.05) is 18.2 Å². The molecule has 1 heterocycles. The molecule has 80 valence electrons. The van der Waals surface area contributed by atoms with Crippen LogP contribution in [0.25, 0.3) is 11.0 Å². The highest BCUT2D eigenvalue weighted by molar-refractivity contribution is 5.77. The fourth-order valence-corrected chi connectivity index (χ4v) is 1.80. The lowest BCUT2D eigenvalue weighted by Crippen LogP contribution is -1.97. The maximum atomic E-state index is 13.7. The Kier molecular flexibility index (Phi) is 2.21. The van der Waals surface area contributed by atoms with Crippen LogP contribution in [0.3, 0.4) is 0 Å². The van der Waals surface area contributed by atoms with Gasteiger partial charge >= 0.3 is 0 Å². The first-order valence-electron chi connectivity index (χ1n) is 4.87. The van der Waals surface area contributed by atoms with E-state index in [1.54, 1.807) is 11.5 Å². The molecule has 0 amide bonds. The average molecular weight is 210 g/mol. The Hall–Kier alpha value is -1.45. The van der Waals surface area contributed by atoms with Gasteiger partial charge in [0.2, 0.25) is 0 Å². The van der Waals surface area contributed by atoms with Crippen molar-refractivity contribution in [3.05, 3.63) is 29.1 Å². The van der Waals surface area contributed by atoms with Crippen LogP contribution in [0.2, 0.25) is 0 Å². The van der Waals surface area contributed by atoms with Crippen LogP contribution in [0.5, 0.6) is 0 Å². The van der Waals surface area contributed by atoms with Crippen LogP contribution < -0.4 is 0 Å². The highest BCUT2D eigenvalue weighted by Gasteiger charge is 2.15. The first-order valence-corrected chi connectivity index (χ1v) is 4.87. The third-order valence-electron chi connectivity index (χ3n) is 2.67. The van der Waals surface area contributed by atoms with Crippen LogP contribution >= 0.6 is 0 Å². The SMILES string of the molecule is CCn1c(C)nc2c(F)c(C)c(F)cc21. The summed E-state index contributed by atoms with van der Waals surface area (Å²) < 4.78 is 28.8. The van der Waals surface area contributed by atoms with E-state index in [4.69, 9.17) is 0 Å². The fraction of sp³-hybridized carbons (Fsp3) is 0.364. The molecule has 0 fully saturated rings. The molecule has 2 nitrogen and oxygen atoms in total. The van der Waals surface area contributed by atoms with Crippen molar-refractivity contribution in [2.24, 2.45) is 0 Å². The largest absolute Gasteiger partial charge is 0.328 e. The Bertz CT molecular complexity index is 529. The third-order valence-corrected chi connectivity index (χ3v) is 2.67. The van der Waals surface area contributed by atoms with Crippen molar-refractivity contribution < 1.29 is 8.78 Å². The number of nitrogens with zero attached hydrogens (tertiary/aromatic N) is 2. The zero-order valence-electron chi connectivity index (χ0n) is 8.93. The molecule has 0 bridgehead atoms. The molecule has 0 saturated heterocycles. The molecular weight excluding hydrogens is 198 g/mol. The molecule has 0 radical (unpaired) electrons. The molecule has 0 N–H and O–H groups in total. The van der Waals surface area contributed by atoms with Gasteiger partial charge in [0.25, 0.3) is 0 Å². The van der Waals surface area contributed by atoms with E-state index in [-0.39, 0.29) is 11.1 Å². The summed E-state index contributed by atoms with van der Waals surface area (Å²) in [4.78, 5) is 4.11. The zero-order chi connectivity index (χ0) is 11.2. The Morgan fingerprint density at radius 1 is 1.33 bits per heavy atom. The molecule has 2 aromatic rings. The van der Waals surface area contributed by atoms with Crippen molar-refractivity contribution in [3.63, 3.8) is 0 Å². The summed E-state index contributed by atoms with van der Waals surface area (Å²) in [6, 6.07) is 1.34. The monoisotopic (exact) mass is 210 g/mol. The minimum absolute atomic E-state index is 0.0308. The van der Waals surface area contributed by atoms with E-state index in [0.29, 0.717) is 17.9 Å². The summed E-state index contributed by atoms with van der Waals surface area (Å²) in [7, 11) is 0. The minimum atomic E-state index is -0.555. The predicted octanol–water partition coefficient (Wildman–Crippen LogP) is 2.95. The summed E-state index contributed by atoms with van der Waals surface area (Å²) in [6.07, 6.45) is 0. The van der Waals surface area contributed by atoms with Gasteiger partial charge in [-0.2, -0.15) is 0 Å². The van der Waals surface area contributed by atoms with E-state index in [9.17, 15) is 8.78 Å². The van der Waals surface area contributed by atoms with Gasteiger partial charge in [-0.15, -0.1) is 0 Å². The molecule has 0 aliphatic rings. The van der Waals surface area contributed by atoms with Crippen molar-refractivity contribution in [1.82, 2.24) is 9.55 Å². The number of hydrogen-bond acceptors (Lipinski definition) is 1. The van der Waals surface area contributed by atoms with E-state index < -0.39 is 11.6 Å². The number of aromatic nitrogens is 2. The second kappa shape index (κ2) is 3.29. The van der Waals surface area contributed by atoms with Gasteiger partial charge < -0.3 is 4.57 Å². The molecule has 2 rings (SSSR count). The summed E-state index contributed by atoms with van der Waals surface area (Å²) in [5.74, 6) is -0.369. The van der Waals surface area contributed by atoms with Crippen LogP contribution in [0, 0.1) is 25.5 Å². The topological polar surface area (TPSA) is 17.8 Å². The van der Waals surface area contributed by atoms with Crippen LogP contribution in [0.1, 0.15) is 18.3 Å². The van der Waals surface area contributed by atoms with Gasteiger partial charge in [-0.3, -0.25) is 0 Å². The number of hydrogen-bond donors (Lipinski definition) is 0. The van der Waals surface area contributed by atoms with Gasteiger partial charge in [0.15, 0.2) is 5.82 Å².